The summed E-state index contributed by atoms with van der Waals surface area (Å²) in [7, 11) is 0. The van der Waals surface area contributed by atoms with Gasteiger partial charge in [-0.3, -0.25) is 9.48 Å². The molecule has 0 aromatic carbocycles. The Morgan fingerprint density at radius 2 is 2.19 bits per heavy atom. The van der Waals surface area contributed by atoms with Crippen LogP contribution in [0.15, 0.2) is 16.9 Å². The lowest BCUT2D eigenvalue weighted by molar-refractivity contribution is 0.0932. The molecule has 0 saturated heterocycles. The summed E-state index contributed by atoms with van der Waals surface area (Å²) in [4.78, 5) is 16.5. The summed E-state index contributed by atoms with van der Waals surface area (Å²) in [5.41, 5.74) is 0.525. The summed E-state index contributed by atoms with van der Waals surface area (Å²) >= 11 is 0. The van der Waals surface area contributed by atoms with Crippen molar-refractivity contribution in [2.45, 2.75) is 51.6 Å². The molecule has 7 nitrogen and oxygen atoms in total. The first-order valence-electron chi connectivity index (χ1n) is 7.23. The Hall–Kier alpha value is -2.18. The second-order valence-electron chi connectivity index (χ2n) is 5.76. The van der Waals surface area contributed by atoms with Gasteiger partial charge in [-0.1, -0.05) is 5.16 Å². The third kappa shape index (κ3) is 2.96. The third-order valence-corrected chi connectivity index (χ3v) is 3.51. The maximum Gasteiger partial charge on any atom is 0.255 e. The van der Waals surface area contributed by atoms with E-state index >= 15 is 0 Å². The highest BCUT2D eigenvalue weighted by molar-refractivity contribution is 5.93. The first-order valence-corrected chi connectivity index (χ1v) is 7.23. The van der Waals surface area contributed by atoms with Gasteiger partial charge >= 0.3 is 0 Å². The van der Waals surface area contributed by atoms with Gasteiger partial charge in [0.2, 0.25) is 5.89 Å². The van der Waals surface area contributed by atoms with E-state index < -0.39 is 0 Å². The van der Waals surface area contributed by atoms with Crippen LogP contribution in [0.5, 0.6) is 0 Å². The molecule has 7 heteroatoms. The molecule has 0 bridgehead atoms. The minimum absolute atomic E-state index is 0.194. The van der Waals surface area contributed by atoms with Crippen LogP contribution in [0.3, 0.4) is 0 Å². The standard InChI is InChI=1S/C14H19N5O2/c1-8(2)19-7-11(6-15-19)13(20)16-9(3)14-17-12(18-21-14)10-4-5-10/h6-10H,4-5H2,1-3H3,(H,16,20)/t9-/m1/s1. The largest absolute Gasteiger partial charge is 0.340 e. The van der Waals surface area contributed by atoms with E-state index in [0.29, 0.717) is 17.4 Å². The summed E-state index contributed by atoms with van der Waals surface area (Å²) in [6.07, 6.45) is 5.53. The van der Waals surface area contributed by atoms with Crippen molar-refractivity contribution in [1.29, 1.82) is 0 Å². The van der Waals surface area contributed by atoms with Crippen LogP contribution in [0.4, 0.5) is 0 Å². The van der Waals surface area contributed by atoms with Gasteiger partial charge < -0.3 is 9.84 Å². The number of carbonyl (C=O) groups excluding carboxylic acids is 1. The molecular weight excluding hydrogens is 270 g/mol. The monoisotopic (exact) mass is 289 g/mol. The highest BCUT2D eigenvalue weighted by atomic mass is 16.5. The Morgan fingerprint density at radius 1 is 1.43 bits per heavy atom. The lowest BCUT2D eigenvalue weighted by Crippen LogP contribution is -2.26. The molecule has 1 atom stereocenters. The summed E-state index contributed by atoms with van der Waals surface area (Å²) < 4.78 is 6.96. The molecule has 0 unspecified atom stereocenters. The van der Waals surface area contributed by atoms with Gasteiger partial charge in [0.25, 0.3) is 5.91 Å². The number of rotatable bonds is 5. The zero-order valence-electron chi connectivity index (χ0n) is 12.4. The lowest BCUT2D eigenvalue weighted by atomic mass is 10.2. The molecular formula is C14H19N5O2. The summed E-state index contributed by atoms with van der Waals surface area (Å²) in [5, 5.41) is 11.0. The third-order valence-electron chi connectivity index (χ3n) is 3.51. The summed E-state index contributed by atoms with van der Waals surface area (Å²) in [6, 6.07) is -0.0964. The normalized spacial score (nSPS) is 16.2. The predicted molar refractivity (Wildman–Crippen MR) is 74.8 cm³/mol. The summed E-state index contributed by atoms with van der Waals surface area (Å²) in [5.74, 6) is 1.44. The van der Waals surface area contributed by atoms with Crippen LogP contribution in [0, 0.1) is 0 Å². The Labute approximate surface area is 122 Å². The van der Waals surface area contributed by atoms with Crippen LogP contribution >= 0.6 is 0 Å². The van der Waals surface area contributed by atoms with Gasteiger partial charge in [-0.05, 0) is 33.6 Å². The fourth-order valence-corrected chi connectivity index (χ4v) is 2.01. The van der Waals surface area contributed by atoms with Crippen LogP contribution < -0.4 is 5.32 Å². The van der Waals surface area contributed by atoms with Crippen LogP contribution in [-0.2, 0) is 0 Å². The Kier molecular flexibility index (Phi) is 3.48. The second-order valence-corrected chi connectivity index (χ2v) is 5.76. The molecule has 2 aromatic heterocycles. The van der Waals surface area contributed by atoms with E-state index in [-0.39, 0.29) is 18.0 Å². The Balaban J connectivity index is 1.64. The number of hydrogen-bond donors (Lipinski definition) is 1. The van der Waals surface area contributed by atoms with Crippen molar-refractivity contribution in [1.82, 2.24) is 25.2 Å². The predicted octanol–water partition coefficient (Wildman–Crippen LogP) is 2.22. The number of hydrogen-bond acceptors (Lipinski definition) is 5. The number of nitrogens with zero attached hydrogens (tertiary/aromatic N) is 4. The number of carbonyl (C=O) groups is 1. The highest BCUT2D eigenvalue weighted by Gasteiger charge is 2.29. The first-order chi connectivity index (χ1) is 10.0. The zero-order chi connectivity index (χ0) is 15.0. The smallest absolute Gasteiger partial charge is 0.255 e. The van der Waals surface area contributed by atoms with E-state index in [0.717, 1.165) is 18.7 Å². The molecule has 0 aliphatic heterocycles. The molecule has 0 spiro atoms. The van der Waals surface area contributed by atoms with E-state index in [9.17, 15) is 4.79 Å². The van der Waals surface area contributed by atoms with Crippen molar-refractivity contribution in [2.24, 2.45) is 0 Å². The topological polar surface area (TPSA) is 85.8 Å². The SMILES string of the molecule is CC(C)n1cc(C(=O)N[C@H](C)c2nc(C3CC3)no2)cn1. The van der Waals surface area contributed by atoms with Gasteiger partial charge in [-0.2, -0.15) is 10.1 Å². The van der Waals surface area contributed by atoms with E-state index in [2.05, 4.69) is 20.6 Å². The van der Waals surface area contributed by atoms with E-state index in [1.165, 1.54) is 0 Å². The van der Waals surface area contributed by atoms with Gasteiger partial charge in [0.15, 0.2) is 5.82 Å². The molecule has 1 fully saturated rings. The van der Waals surface area contributed by atoms with Crippen LogP contribution in [0.1, 0.15) is 73.7 Å². The Bertz CT molecular complexity index is 641. The maximum atomic E-state index is 12.2. The molecule has 1 N–H and O–H groups in total. The van der Waals surface area contributed by atoms with E-state index in [1.807, 2.05) is 20.8 Å². The van der Waals surface area contributed by atoms with Crippen LogP contribution in [-0.4, -0.2) is 25.8 Å². The molecule has 2 heterocycles. The van der Waals surface area contributed by atoms with Gasteiger partial charge in [-0.25, -0.2) is 0 Å². The first kappa shape index (κ1) is 13.8. The maximum absolute atomic E-state index is 12.2. The van der Waals surface area contributed by atoms with Crippen molar-refractivity contribution < 1.29 is 9.32 Å². The number of amides is 1. The summed E-state index contributed by atoms with van der Waals surface area (Å²) in [6.45, 7) is 5.85. The van der Waals surface area contributed by atoms with Crippen molar-refractivity contribution in [2.75, 3.05) is 0 Å². The lowest BCUT2D eigenvalue weighted by Gasteiger charge is -2.08. The van der Waals surface area contributed by atoms with Gasteiger partial charge in [0.1, 0.15) is 6.04 Å². The molecule has 0 radical (unpaired) electrons. The van der Waals surface area contributed by atoms with Gasteiger partial charge in [0, 0.05) is 18.2 Å². The van der Waals surface area contributed by atoms with Gasteiger partial charge in [0.05, 0.1) is 11.8 Å². The van der Waals surface area contributed by atoms with Crippen molar-refractivity contribution in [3.63, 3.8) is 0 Å². The zero-order valence-corrected chi connectivity index (χ0v) is 12.4. The van der Waals surface area contributed by atoms with E-state index in [1.54, 1.807) is 17.1 Å². The fourth-order valence-electron chi connectivity index (χ4n) is 2.01. The van der Waals surface area contributed by atoms with Crippen molar-refractivity contribution >= 4 is 5.91 Å². The quantitative estimate of drug-likeness (QED) is 0.912. The average molecular weight is 289 g/mol. The van der Waals surface area contributed by atoms with Gasteiger partial charge in [-0.15, -0.1) is 0 Å². The minimum Gasteiger partial charge on any atom is -0.340 e. The number of nitrogens with one attached hydrogen (secondary N) is 1. The molecule has 2 aromatic rings. The average Bonchev–Trinajstić information content (AvgIpc) is 3.00. The second kappa shape index (κ2) is 5.31. The fraction of sp³-hybridized carbons (Fsp3) is 0.571. The molecule has 112 valence electrons. The Morgan fingerprint density at radius 3 is 2.81 bits per heavy atom. The minimum atomic E-state index is -0.320. The van der Waals surface area contributed by atoms with Crippen LogP contribution in [0.25, 0.3) is 0 Å². The highest BCUT2D eigenvalue weighted by Crippen LogP contribution is 2.38. The van der Waals surface area contributed by atoms with Crippen molar-refractivity contribution in [3.05, 3.63) is 29.7 Å². The molecule has 1 amide bonds. The molecule has 21 heavy (non-hydrogen) atoms. The number of aromatic nitrogens is 4. The van der Waals surface area contributed by atoms with E-state index in [4.69, 9.17) is 4.52 Å². The molecule has 3 rings (SSSR count). The molecule has 1 aliphatic rings. The molecule has 1 aliphatic carbocycles. The van der Waals surface area contributed by atoms with Crippen LogP contribution in [0.2, 0.25) is 0 Å². The van der Waals surface area contributed by atoms with Crippen molar-refractivity contribution in [3.8, 4) is 0 Å². The molecule has 1 saturated carbocycles.